The van der Waals surface area contributed by atoms with Gasteiger partial charge < -0.3 is 5.11 Å². The fourth-order valence-corrected chi connectivity index (χ4v) is 3.54. The number of hydrogen-bond acceptors (Lipinski definition) is 4. The van der Waals surface area contributed by atoms with Crippen molar-refractivity contribution in [3.63, 3.8) is 0 Å². The molecule has 0 saturated heterocycles. The van der Waals surface area contributed by atoms with Crippen LogP contribution in [0.1, 0.15) is 31.4 Å². The zero-order chi connectivity index (χ0) is 21.8. The number of benzene rings is 2. The second kappa shape index (κ2) is 8.96. The lowest BCUT2D eigenvalue weighted by atomic mass is 9.99. The lowest BCUT2D eigenvalue weighted by Crippen LogP contribution is -2.44. The van der Waals surface area contributed by atoms with Crippen molar-refractivity contribution in [3.8, 4) is 11.1 Å². The molecule has 0 saturated carbocycles. The minimum atomic E-state index is -4.67. The number of carboxylic acid groups (broad SMARTS) is 1. The number of aliphatic carboxylic acids is 1. The highest BCUT2D eigenvalue weighted by Gasteiger charge is 2.42. The van der Waals surface area contributed by atoms with Crippen LogP contribution in [0.5, 0.6) is 0 Å². The molecule has 2 atom stereocenters. The second-order valence-corrected chi connectivity index (χ2v) is 8.76. The van der Waals surface area contributed by atoms with Crippen LogP contribution in [0.25, 0.3) is 11.1 Å². The normalized spacial score (nSPS) is 14.4. The van der Waals surface area contributed by atoms with Crippen molar-refractivity contribution in [2.24, 2.45) is 0 Å². The van der Waals surface area contributed by atoms with E-state index in [1.165, 1.54) is 36.4 Å². The molecule has 0 fully saturated rings. The summed E-state index contributed by atoms with van der Waals surface area (Å²) in [5.41, 5.74) is 1.16. The Hall–Kier alpha value is -2.39. The van der Waals surface area contributed by atoms with E-state index in [4.69, 9.17) is 5.11 Å². The molecule has 0 bridgehead atoms. The highest BCUT2D eigenvalue weighted by Crippen LogP contribution is 2.34. The maximum atomic E-state index is 13.5. The van der Waals surface area contributed by atoms with Gasteiger partial charge in [-0.3, -0.25) is 10.1 Å². The van der Waals surface area contributed by atoms with Crippen LogP contribution in [0.15, 0.2) is 53.4 Å². The number of carboxylic acids is 1. The lowest BCUT2D eigenvalue weighted by Gasteiger charge is -2.26. The summed E-state index contributed by atoms with van der Waals surface area (Å²) in [6.07, 6.45) is -3.08. The molecule has 0 aliphatic heterocycles. The average Bonchev–Trinajstić information content (AvgIpc) is 2.63. The molecule has 29 heavy (non-hydrogen) atoms. The van der Waals surface area contributed by atoms with Gasteiger partial charge in [0, 0.05) is 6.26 Å². The summed E-state index contributed by atoms with van der Waals surface area (Å²) in [6.45, 7) is 1.70. The molecule has 0 amide bonds. The Bertz CT molecular complexity index is 939. The first kappa shape index (κ1) is 22.9. The van der Waals surface area contributed by atoms with E-state index in [1.54, 1.807) is 19.1 Å². The summed E-state index contributed by atoms with van der Waals surface area (Å²) in [7, 11) is -3.34. The fraction of sp³-hybridized carbons (Fsp3) is 0.350. The predicted octanol–water partition coefficient (Wildman–Crippen LogP) is 4.20. The summed E-state index contributed by atoms with van der Waals surface area (Å²) in [6, 6.07) is 8.14. The zero-order valence-corrected chi connectivity index (χ0v) is 16.7. The predicted molar refractivity (Wildman–Crippen MR) is 103 cm³/mol. The number of carbonyl (C=O) groups is 1. The van der Waals surface area contributed by atoms with Gasteiger partial charge in [0.15, 0.2) is 9.84 Å². The van der Waals surface area contributed by atoms with E-state index < -0.39 is 34.1 Å². The average molecular weight is 429 g/mol. The van der Waals surface area contributed by atoms with E-state index >= 15 is 0 Å². The van der Waals surface area contributed by atoms with E-state index in [0.29, 0.717) is 17.5 Å². The third-order valence-electron chi connectivity index (χ3n) is 4.43. The minimum Gasteiger partial charge on any atom is -0.480 e. The van der Waals surface area contributed by atoms with E-state index in [1.807, 2.05) is 0 Å². The smallest absolute Gasteiger partial charge is 0.407 e. The van der Waals surface area contributed by atoms with Gasteiger partial charge in [0.2, 0.25) is 0 Å². The second-order valence-electron chi connectivity index (χ2n) is 6.74. The van der Waals surface area contributed by atoms with Crippen LogP contribution in [-0.2, 0) is 14.6 Å². The maximum absolute atomic E-state index is 13.5. The molecule has 158 valence electrons. The van der Waals surface area contributed by atoms with Crippen LogP contribution in [0.3, 0.4) is 0 Å². The summed E-state index contributed by atoms with van der Waals surface area (Å²) in [5.74, 6) is -1.33. The summed E-state index contributed by atoms with van der Waals surface area (Å²) in [5, 5.41) is 11.4. The zero-order valence-electron chi connectivity index (χ0n) is 15.9. The van der Waals surface area contributed by atoms with Crippen LogP contribution in [0.4, 0.5) is 13.2 Å². The molecule has 0 aliphatic carbocycles. The summed E-state index contributed by atoms with van der Waals surface area (Å²) in [4.78, 5) is 11.4. The van der Waals surface area contributed by atoms with Crippen molar-refractivity contribution in [3.05, 3.63) is 54.1 Å². The van der Waals surface area contributed by atoms with Gasteiger partial charge in [-0.15, -0.1) is 0 Å². The van der Waals surface area contributed by atoms with Crippen molar-refractivity contribution < 1.29 is 31.5 Å². The first-order chi connectivity index (χ1) is 13.4. The SMILES string of the molecule is CCC[C@H](N[C@@H](c1ccc(-c2ccc(S(C)(=O)=O)cc2)cc1)C(F)(F)F)C(=O)O. The third-order valence-corrected chi connectivity index (χ3v) is 5.56. The van der Waals surface area contributed by atoms with E-state index in [9.17, 15) is 26.4 Å². The first-order valence-corrected chi connectivity index (χ1v) is 10.8. The number of rotatable bonds is 8. The summed E-state index contributed by atoms with van der Waals surface area (Å²) < 4.78 is 63.7. The van der Waals surface area contributed by atoms with Crippen LogP contribution < -0.4 is 5.32 Å². The molecule has 5 nitrogen and oxygen atoms in total. The topological polar surface area (TPSA) is 83.5 Å². The molecule has 0 radical (unpaired) electrons. The Morgan fingerprint density at radius 1 is 1.03 bits per heavy atom. The van der Waals surface area contributed by atoms with Crippen LogP contribution in [0.2, 0.25) is 0 Å². The van der Waals surface area contributed by atoms with Gasteiger partial charge in [0.25, 0.3) is 0 Å². The molecular weight excluding hydrogens is 407 g/mol. The van der Waals surface area contributed by atoms with E-state index in [2.05, 4.69) is 5.32 Å². The number of nitrogens with one attached hydrogen (secondary N) is 1. The van der Waals surface area contributed by atoms with Crippen LogP contribution in [-0.4, -0.2) is 38.0 Å². The van der Waals surface area contributed by atoms with Gasteiger partial charge in [-0.2, -0.15) is 13.2 Å². The van der Waals surface area contributed by atoms with Gasteiger partial charge >= 0.3 is 12.1 Å². The Kier molecular flexibility index (Phi) is 7.07. The fourth-order valence-electron chi connectivity index (χ4n) is 2.91. The van der Waals surface area contributed by atoms with Gasteiger partial charge in [-0.25, -0.2) is 8.42 Å². The molecule has 2 N–H and O–H groups in total. The van der Waals surface area contributed by atoms with E-state index in [-0.39, 0.29) is 16.9 Å². The first-order valence-electron chi connectivity index (χ1n) is 8.89. The minimum absolute atomic E-state index is 0.0761. The van der Waals surface area contributed by atoms with E-state index in [0.717, 1.165) is 6.26 Å². The molecule has 0 spiro atoms. The van der Waals surface area contributed by atoms with Crippen molar-refractivity contribution in [1.29, 1.82) is 0 Å². The molecule has 0 unspecified atom stereocenters. The highest BCUT2D eigenvalue weighted by atomic mass is 32.2. The van der Waals surface area contributed by atoms with Crippen LogP contribution in [0, 0.1) is 0 Å². The Labute approximate surface area is 167 Å². The standard InChI is InChI=1S/C20H22F3NO4S/c1-3-4-17(19(25)26)24-18(20(21,22)23)15-7-5-13(6-8-15)14-9-11-16(12-10-14)29(2,27)28/h5-12,17-18,24H,3-4H2,1-2H3,(H,25,26)/t17-,18-/m0/s1. The van der Waals surface area contributed by atoms with Gasteiger partial charge in [-0.05, 0) is 35.2 Å². The van der Waals surface area contributed by atoms with Crippen molar-refractivity contribution in [2.75, 3.05) is 6.26 Å². The van der Waals surface area contributed by atoms with Crippen molar-refractivity contribution in [2.45, 2.75) is 42.9 Å². The molecule has 0 aliphatic rings. The third kappa shape index (κ3) is 6.04. The number of hydrogen-bond donors (Lipinski definition) is 2. The molecule has 0 aromatic heterocycles. The molecule has 0 heterocycles. The van der Waals surface area contributed by atoms with Gasteiger partial charge in [-0.1, -0.05) is 49.7 Å². The quantitative estimate of drug-likeness (QED) is 0.657. The molecule has 2 aromatic rings. The lowest BCUT2D eigenvalue weighted by molar-refractivity contribution is -0.163. The highest BCUT2D eigenvalue weighted by molar-refractivity contribution is 7.90. The van der Waals surface area contributed by atoms with Gasteiger partial charge in [0.05, 0.1) is 4.90 Å². The molecule has 2 rings (SSSR count). The maximum Gasteiger partial charge on any atom is 0.407 e. The Balaban J connectivity index is 2.30. The van der Waals surface area contributed by atoms with Crippen LogP contribution >= 0.6 is 0 Å². The van der Waals surface area contributed by atoms with Gasteiger partial charge in [0.1, 0.15) is 12.1 Å². The Morgan fingerprint density at radius 3 is 1.90 bits per heavy atom. The summed E-state index contributed by atoms with van der Waals surface area (Å²) >= 11 is 0. The Morgan fingerprint density at radius 2 is 1.52 bits per heavy atom. The molecule has 9 heteroatoms. The van der Waals surface area contributed by atoms with Crippen molar-refractivity contribution in [1.82, 2.24) is 5.32 Å². The monoisotopic (exact) mass is 429 g/mol. The largest absolute Gasteiger partial charge is 0.480 e. The number of halogens is 3. The number of alkyl halides is 3. The van der Waals surface area contributed by atoms with Crippen molar-refractivity contribution >= 4 is 15.8 Å². The number of sulfone groups is 1. The molecular formula is C20H22F3NO4S. The molecule has 2 aromatic carbocycles.